The van der Waals surface area contributed by atoms with Gasteiger partial charge in [-0.1, -0.05) is 6.07 Å². The standard InChI is InChI=1S/C16H19FN2/c1-11-6-12(2)8-15(7-11)19(3)10-13-9-14(17)4-5-16(13)18/h4-9H,10,18H2,1-3H3. The lowest BCUT2D eigenvalue weighted by Gasteiger charge is -2.21. The zero-order valence-corrected chi connectivity index (χ0v) is 11.6. The molecular weight excluding hydrogens is 239 g/mol. The van der Waals surface area contributed by atoms with Crippen LogP contribution in [0.25, 0.3) is 0 Å². The van der Waals surface area contributed by atoms with Crippen LogP contribution in [0.3, 0.4) is 0 Å². The van der Waals surface area contributed by atoms with Crippen LogP contribution in [0.1, 0.15) is 16.7 Å². The summed E-state index contributed by atoms with van der Waals surface area (Å²) in [7, 11) is 1.98. The highest BCUT2D eigenvalue weighted by Gasteiger charge is 2.07. The highest BCUT2D eigenvalue weighted by molar-refractivity contribution is 5.54. The molecule has 0 atom stereocenters. The number of aryl methyl sites for hydroxylation is 2. The number of nitrogens with two attached hydrogens (primary N) is 1. The fraction of sp³-hybridized carbons (Fsp3) is 0.250. The summed E-state index contributed by atoms with van der Waals surface area (Å²) in [6.07, 6.45) is 0. The summed E-state index contributed by atoms with van der Waals surface area (Å²) in [5.74, 6) is -0.252. The molecule has 100 valence electrons. The summed E-state index contributed by atoms with van der Waals surface area (Å²) >= 11 is 0. The number of benzene rings is 2. The van der Waals surface area contributed by atoms with E-state index in [1.165, 1.54) is 23.3 Å². The quantitative estimate of drug-likeness (QED) is 0.851. The summed E-state index contributed by atoms with van der Waals surface area (Å²) < 4.78 is 13.3. The first-order valence-corrected chi connectivity index (χ1v) is 6.29. The van der Waals surface area contributed by atoms with Crippen LogP contribution in [0.5, 0.6) is 0 Å². The van der Waals surface area contributed by atoms with E-state index in [9.17, 15) is 4.39 Å². The maximum atomic E-state index is 13.3. The summed E-state index contributed by atoms with van der Waals surface area (Å²) in [6, 6.07) is 10.9. The van der Waals surface area contributed by atoms with E-state index in [0.29, 0.717) is 12.2 Å². The molecule has 0 saturated heterocycles. The predicted molar refractivity (Wildman–Crippen MR) is 78.8 cm³/mol. The third-order valence-electron chi connectivity index (χ3n) is 3.16. The monoisotopic (exact) mass is 258 g/mol. The molecule has 2 aromatic carbocycles. The second-order valence-corrected chi connectivity index (χ2v) is 5.05. The minimum Gasteiger partial charge on any atom is -0.398 e. The molecule has 0 radical (unpaired) electrons. The second-order valence-electron chi connectivity index (χ2n) is 5.05. The van der Waals surface area contributed by atoms with Gasteiger partial charge in [0.25, 0.3) is 0 Å². The predicted octanol–water partition coefficient (Wildman–Crippen LogP) is 3.66. The van der Waals surface area contributed by atoms with E-state index in [4.69, 9.17) is 5.73 Å². The molecular formula is C16H19FN2. The van der Waals surface area contributed by atoms with Gasteiger partial charge in [0.1, 0.15) is 5.82 Å². The van der Waals surface area contributed by atoms with Gasteiger partial charge in [-0.05, 0) is 60.9 Å². The number of nitrogens with zero attached hydrogens (tertiary/aromatic N) is 1. The average molecular weight is 258 g/mol. The van der Waals surface area contributed by atoms with Crippen molar-refractivity contribution in [2.45, 2.75) is 20.4 Å². The van der Waals surface area contributed by atoms with Gasteiger partial charge in [-0.25, -0.2) is 4.39 Å². The molecule has 0 amide bonds. The normalized spacial score (nSPS) is 10.5. The molecule has 2 N–H and O–H groups in total. The van der Waals surface area contributed by atoms with Gasteiger partial charge in [-0.15, -0.1) is 0 Å². The van der Waals surface area contributed by atoms with Crippen molar-refractivity contribution in [1.29, 1.82) is 0 Å². The lowest BCUT2D eigenvalue weighted by molar-refractivity contribution is 0.625. The molecule has 0 heterocycles. The van der Waals surface area contributed by atoms with Crippen molar-refractivity contribution in [2.24, 2.45) is 0 Å². The zero-order valence-electron chi connectivity index (χ0n) is 11.6. The Hall–Kier alpha value is -2.03. The van der Waals surface area contributed by atoms with Crippen LogP contribution >= 0.6 is 0 Å². The Morgan fingerprint density at radius 1 is 1.05 bits per heavy atom. The molecule has 19 heavy (non-hydrogen) atoms. The summed E-state index contributed by atoms with van der Waals surface area (Å²) in [5.41, 5.74) is 10.9. The molecule has 3 heteroatoms. The maximum Gasteiger partial charge on any atom is 0.123 e. The number of anilines is 2. The third kappa shape index (κ3) is 3.25. The van der Waals surface area contributed by atoms with Crippen molar-refractivity contribution in [1.82, 2.24) is 0 Å². The second kappa shape index (κ2) is 5.31. The van der Waals surface area contributed by atoms with Gasteiger partial charge in [0.15, 0.2) is 0 Å². The van der Waals surface area contributed by atoms with Crippen molar-refractivity contribution in [2.75, 3.05) is 17.7 Å². The van der Waals surface area contributed by atoms with E-state index >= 15 is 0 Å². The van der Waals surface area contributed by atoms with Gasteiger partial charge in [0.2, 0.25) is 0 Å². The fourth-order valence-corrected chi connectivity index (χ4v) is 2.23. The number of hydrogen-bond donors (Lipinski definition) is 1. The Kier molecular flexibility index (Phi) is 3.74. The fourth-order valence-electron chi connectivity index (χ4n) is 2.23. The minimum atomic E-state index is -0.252. The van der Waals surface area contributed by atoms with Crippen LogP contribution in [-0.4, -0.2) is 7.05 Å². The average Bonchev–Trinajstić information content (AvgIpc) is 2.32. The van der Waals surface area contributed by atoms with Crippen LogP contribution in [0, 0.1) is 19.7 Å². The van der Waals surface area contributed by atoms with Crippen molar-refractivity contribution in [3.8, 4) is 0 Å². The summed E-state index contributed by atoms with van der Waals surface area (Å²) in [4.78, 5) is 2.07. The Morgan fingerprint density at radius 3 is 2.32 bits per heavy atom. The molecule has 2 nitrogen and oxygen atoms in total. The van der Waals surface area contributed by atoms with Crippen LogP contribution in [0.2, 0.25) is 0 Å². The molecule has 0 aliphatic carbocycles. The number of hydrogen-bond acceptors (Lipinski definition) is 2. The van der Waals surface area contributed by atoms with Crippen molar-refractivity contribution in [3.63, 3.8) is 0 Å². The van der Waals surface area contributed by atoms with Crippen molar-refractivity contribution in [3.05, 3.63) is 58.9 Å². The van der Waals surface area contributed by atoms with E-state index in [0.717, 1.165) is 11.3 Å². The molecule has 0 spiro atoms. The van der Waals surface area contributed by atoms with E-state index in [1.54, 1.807) is 6.07 Å². The topological polar surface area (TPSA) is 29.3 Å². The highest BCUT2D eigenvalue weighted by atomic mass is 19.1. The first kappa shape index (κ1) is 13.4. The molecule has 0 aliphatic rings. The van der Waals surface area contributed by atoms with Crippen molar-refractivity contribution >= 4 is 11.4 Å². The molecule has 0 saturated carbocycles. The lowest BCUT2D eigenvalue weighted by Crippen LogP contribution is -2.17. The van der Waals surface area contributed by atoms with E-state index in [2.05, 4.69) is 36.9 Å². The third-order valence-corrected chi connectivity index (χ3v) is 3.16. The maximum absolute atomic E-state index is 13.3. The van der Waals surface area contributed by atoms with Crippen LogP contribution in [0.4, 0.5) is 15.8 Å². The van der Waals surface area contributed by atoms with E-state index in [-0.39, 0.29) is 5.82 Å². The first-order chi connectivity index (χ1) is 8.95. The molecule has 0 unspecified atom stereocenters. The Labute approximate surface area is 113 Å². The summed E-state index contributed by atoms with van der Waals surface area (Å²) in [5, 5.41) is 0. The highest BCUT2D eigenvalue weighted by Crippen LogP contribution is 2.22. The molecule has 2 aromatic rings. The molecule has 0 aromatic heterocycles. The number of halogens is 1. The van der Waals surface area contributed by atoms with Gasteiger partial charge in [0, 0.05) is 25.0 Å². The van der Waals surface area contributed by atoms with Crippen LogP contribution in [0.15, 0.2) is 36.4 Å². The van der Waals surface area contributed by atoms with E-state index in [1.807, 2.05) is 7.05 Å². The van der Waals surface area contributed by atoms with Gasteiger partial charge in [-0.2, -0.15) is 0 Å². The first-order valence-electron chi connectivity index (χ1n) is 6.29. The number of nitrogen functional groups attached to an aromatic ring is 1. The Bertz CT molecular complexity index is 573. The molecule has 0 bridgehead atoms. The Morgan fingerprint density at radius 2 is 1.68 bits per heavy atom. The van der Waals surface area contributed by atoms with E-state index < -0.39 is 0 Å². The van der Waals surface area contributed by atoms with Gasteiger partial charge in [-0.3, -0.25) is 0 Å². The molecule has 0 aliphatic heterocycles. The zero-order chi connectivity index (χ0) is 14.0. The minimum absolute atomic E-state index is 0.252. The van der Waals surface area contributed by atoms with Gasteiger partial charge < -0.3 is 10.6 Å². The van der Waals surface area contributed by atoms with Gasteiger partial charge >= 0.3 is 0 Å². The van der Waals surface area contributed by atoms with Crippen LogP contribution in [-0.2, 0) is 6.54 Å². The van der Waals surface area contributed by atoms with Crippen LogP contribution < -0.4 is 10.6 Å². The van der Waals surface area contributed by atoms with Gasteiger partial charge in [0.05, 0.1) is 0 Å². The summed E-state index contributed by atoms with van der Waals surface area (Å²) in [6.45, 7) is 4.73. The smallest absolute Gasteiger partial charge is 0.123 e. The lowest BCUT2D eigenvalue weighted by atomic mass is 10.1. The number of rotatable bonds is 3. The molecule has 2 rings (SSSR count). The van der Waals surface area contributed by atoms with Crippen molar-refractivity contribution < 1.29 is 4.39 Å². The Balaban J connectivity index is 2.25. The SMILES string of the molecule is Cc1cc(C)cc(N(C)Cc2cc(F)ccc2N)c1. The largest absolute Gasteiger partial charge is 0.398 e. The molecule has 0 fully saturated rings.